The molecule has 21 heavy (non-hydrogen) atoms. The summed E-state index contributed by atoms with van der Waals surface area (Å²) in [6, 6.07) is 0.0247. The first-order valence-electron chi connectivity index (χ1n) is 7.28. The summed E-state index contributed by atoms with van der Waals surface area (Å²) in [7, 11) is 0. The molecular weight excluding hydrogens is 290 g/mol. The Morgan fingerprint density at radius 3 is 2.86 bits per heavy atom. The van der Waals surface area contributed by atoms with Crippen LogP contribution in [0.1, 0.15) is 37.0 Å². The van der Waals surface area contributed by atoms with E-state index in [-0.39, 0.29) is 36.2 Å². The number of carbonyl (C=O) groups is 1. The Morgan fingerprint density at radius 2 is 2.24 bits per heavy atom. The van der Waals surface area contributed by atoms with Crippen LogP contribution in [0.5, 0.6) is 0 Å². The topological polar surface area (TPSA) is 75.4 Å². The largest absolute Gasteiger partial charge is 0.395 e. The number of aliphatic hydroxyl groups excluding tert-OH is 1. The summed E-state index contributed by atoms with van der Waals surface area (Å²) in [5.74, 6) is 0.481. The van der Waals surface area contributed by atoms with Gasteiger partial charge in [0.2, 0.25) is 0 Å². The van der Waals surface area contributed by atoms with Crippen LogP contribution in [-0.2, 0) is 6.54 Å². The van der Waals surface area contributed by atoms with Gasteiger partial charge in [-0.25, -0.2) is 4.98 Å². The van der Waals surface area contributed by atoms with Gasteiger partial charge in [-0.15, -0.1) is 0 Å². The van der Waals surface area contributed by atoms with Crippen LogP contribution in [0, 0.1) is 0 Å². The van der Waals surface area contributed by atoms with E-state index >= 15 is 0 Å². The Morgan fingerprint density at radius 1 is 1.52 bits per heavy atom. The zero-order valence-electron chi connectivity index (χ0n) is 12.4. The molecule has 0 aromatic carbocycles. The molecule has 1 aliphatic rings. The van der Waals surface area contributed by atoms with Gasteiger partial charge in [0.25, 0.3) is 11.5 Å². The molecular formula is C14H21N3O3S. The molecule has 0 saturated heterocycles. The number of hydrogen-bond acceptors (Lipinski definition) is 5. The van der Waals surface area contributed by atoms with Crippen molar-refractivity contribution in [2.75, 3.05) is 18.9 Å². The molecule has 2 rings (SSSR count). The molecule has 7 heteroatoms. The highest BCUT2D eigenvalue weighted by molar-refractivity contribution is 7.99. The van der Waals surface area contributed by atoms with E-state index in [2.05, 4.69) is 4.98 Å². The first-order chi connectivity index (χ1) is 10.1. The van der Waals surface area contributed by atoms with Gasteiger partial charge in [-0.05, 0) is 12.8 Å². The highest BCUT2D eigenvalue weighted by Gasteiger charge is 2.26. The van der Waals surface area contributed by atoms with Gasteiger partial charge in [0.1, 0.15) is 5.56 Å². The van der Waals surface area contributed by atoms with E-state index < -0.39 is 0 Å². The summed E-state index contributed by atoms with van der Waals surface area (Å²) in [5.41, 5.74) is -0.175. The van der Waals surface area contributed by atoms with E-state index in [0.717, 1.165) is 18.6 Å². The van der Waals surface area contributed by atoms with Crippen molar-refractivity contribution < 1.29 is 9.90 Å². The molecule has 1 N–H and O–H groups in total. The average molecular weight is 311 g/mol. The molecule has 116 valence electrons. The maximum atomic E-state index is 12.7. The van der Waals surface area contributed by atoms with Crippen LogP contribution in [-0.4, -0.2) is 50.4 Å². The van der Waals surface area contributed by atoms with Crippen LogP contribution < -0.4 is 5.56 Å². The molecule has 6 nitrogen and oxygen atoms in total. The fourth-order valence-electron chi connectivity index (χ4n) is 2.61. The number of aromatic nitrogens is 2. The maximum absolute atomic E-state index is 12.7. The van der Waals surface area contributed by atoms with Gasteiger partial charge in [-0.2, -0.15) is 0 Å². The Labute approximate surface area is 128 Å². The Balaban J connectivity index is 2.35. The van der Waals surface area contributed by atoms with E-state index in [9.17, 15) is 14.7 Å². The van der Waals surface area contributed by atoms with Crippen molar-refractivity contribution in [2.24, 2.45) is 0 Å². The van der Waals surface area contributed by atoms with Crippen LogP contribution >= 0.6 is 11.8 Å². The number of aliphatic hydroxyl groups is 1. The standard InChI is InChI=1S/C14H21N3O3S/c1-3-10(4-2)16(5-7-18)12(19)11-9-15-14-17(13(11)20)6-8-21-14/h9-10,18H,3-8H2,1-2H3. The number of amides is 1. The van der Waals surface area contributed by atoms with E-state index in [4.69, 9.17) is 0 Å². The molecule has 0 spiro atoms. The fraction of sp³-hybridized carbons (Fsp3) is 0.643. The van der Waals surface area contributed by atoms with E-state index in [1.54, 1.807) is 9.47 Å². The Kier molecular flexibility index (Phi) is 5.41. The minimum atomic E-state index is -0.331. The first-order valence-corrected chi connectivity index (χ1v) is 8.27. The zero-order valence-corrected chi connectivity index (χ0v) is 13.2. The number of hydrogen-bond donors (Lipinski definition) is 1. The molecule has 1 aliphatic heterocycles. The number of nitrogens with zero attached hydrogens (tertiary/aromatic N) is 3. The van der Waals surface area contributed by atoms with Crippen molar-refractivity contribution in [3.05, 3.63) is 22.1 Å². The predicted molar refractivity (Wildman–Crippen MR) is 81.7 cm³/mol. The normalized spacial score (nSPS) is 13.5. The molecule has 0 fully saturated rings. The van der Waals surface area contributed by atoms with Gasteiger partial charge in [-0.3, -0.25) is 14.2 Å². The lowest BCUT2D eigenvalue weighted by Crippen LogP contribution is -2.44. The highest BCUT2D eigenvalue weighted by Crippen LogP contribution is 2.21. The smallest absolute Gasteiger partial charge is 0.267 e. The fourth-order valence-corrected chi connectivity index (χ4v) is 3.52. The van der Waals surface area contributed by atoms with Crippen molar-refractivity contribution in [3.63, 3.8) is 0 Å². The van der Waals surface area contributed by atoms with Crippen molar-refractivity contribution >= 4 is 17.7 Å². The second kappa shape index (κ2) is 7.09. The van der Waals surface area contributed by atoms with Crippen LogP contribution in [0.4, 0.5) is 0 Å². The zero-order chi connectivity index (χ0) is 15.4. The third-order valence-corrected chi connectivity index (χ3v) is 4.74. The van der Waals surface area contributed by atoms with Crippen molar-refractivity contribution in [1.29, 1.82) is 0 Å². The Hall–Kier alpha value is -1.34. The summed E-state index contributed by atoms with van der Waals surface area (Å²) in [4.78, 5) is 30.9. The summed E-state index contributed by atoms with van der Waals surface area (Å²) in [6.45, 7) is 4.71. The second-order valence-electron chi connectivity index (χ2n) is 4.95. The SMILES string of the molecule is CCC(CC)N(CCO)C(=O)c1cnc2n(c1=O)CCS2. The number of fused-ring (bicyclic) bond motifs is 1. The van der Waals surface area contributed by atoms with Gasteiger partial charge in [-0.1, -0.05) is 25.6 Å². The molecule has 1 amide bonds. The monoisotopic (exact) mass is 311 g/mol. The lowest BCUT2D eigenvalue weighted by atomic mass is 10.1. The van der Waals surface area contributed by atoms with Gasteiger partial charge >= 0.3 is 0 Å². The van der Waals surface area contributed by atoms with E-state index in [1.807, 2.05) is 13.8 Å². The second-order valence-corrected chi connectivity index (χ2v) is 6.01. The van der Waals surface area contributed by atoms with Crippen molar-refractivity contribution in [1.82, 2.24) is 14.5 Å². The summed E-state index contributed by atoms with van der Waals surface area (Å²) < 4.78 is 1.56. The molecule has 0 saturated carbocycles. The Bertz CT molecular complexity index is 569. The maximum Gasteiger partial charge on any atom is 0.267 e. The molecule has 1 aromatic rings. The van der Waals surface area contributed by atoms with E-state index in [1.165, 1.54) is 18.0 Å². The van der Waals surface area contributed by atoms with Gasteiger partial charge in [0, 0.05) is 31.1 Å². The van der Waals surface area contributed by atoms with Crippen molar-refractivity contribution in [3.8, 4) is 0 Å². The lowest BCUT2D eigenvalue weighted by Gasteiger charge is -2.29. The third-order valence-electron chi connectivity index (χ3n) is 3.77. The average Bonchev–Trinajstić information content (AvgIpc) is 2.97. The van der Waals surface area contributed by atoms with Gasteiger partial charge in [0.15, 0.2) is 5.16 Å². The number of rotatable bonds is 6. The summed E-state index contributed by atoms with van der Waals surface area (Å²) >= 11 is 1.52. The molecule has 1 aromatic heterocycles. The molecule has 0 bridgehead atoms. The first kappa shape index (κ1) is 16.0. The quantitative estimate of drug-likeness (QED) is 0.792. The number of thioether (sulfide) groups is 1. The van der Waals surface area contributed by atoms with Crippen LogP contribution in [0.25, 0.3) is 0 Å². The van der Waals surface area contributed by atoms with Gasteiger partial charge in [0.05, 0.1) is 6.61 Å². The predicted octanol–water partition coefficient (Wildman–Crippen LogP) is 0.972. The van der Waals surface area contributed by atoms with Crippen LogP contribution in [0.15, 0.2) is 16.1 Å². The minimum absolute atomic E-state index is 0.0247. The van der Waals surface area contributed by atoms with E-state index in [0.29, 0.717) is 11.7 Å². The third kappa shape index (κ3) is 3.13. The summed E-state index contributed by atoms with van der Waals surface area (Å²) in [6.07, 6.45) is 2.96. The highest BCUT2D eigenvalue weighted by atomic mass is 32.2. The molecule has 0 aliphatic carbocycles. The molecule has 0 atom stereocenters. The molecule has 0 radical (unpaired) electrons. The summed E-state index contributed by atoms with van der Waals surface area (Å²) in [5, 5.41) is 9.87. The number of carbonyl (C=O) groups excluding carboxylic acids is 1. The molecule has 0 unspecified atom stereocenters. The minimum Gasteiger partial charge on any atom is -0.395 e. The van der Waals surface area contributed by atoms with Crippen LogP contribution in [0.3, 0.4) is 0 Å². The van der Waals surface area contributed by atoms with Gasteiger partial charge < -0.3 is 10.0 Å². The van der Waals surface area contributed by atoms with Crippen molar-refractivity contribution in [2.45, 2.75) is 44.4 Å². The lowest BCUT2D eigenvalue weighted by molar-refractivity contribution is 0.0619. The molecule has 2 heterocycles. The van der Waals surface area contributed by atoms with Crippen LogP contribution in [0.2, 0.25) is 0 Å².